The van der Waals surface area contributed by atoms with Gasteiger partial charge in [0.2, 0.25) is 35.3 Å². The number of benzene rings is 1. The second kappa shape index (κ2) is 23.1. The van der Waals surface area contributed by atoms with Crippen molar-refractivity contribution in [2.45, 2.75) is 102 Å². The molecule has 326 valence electrons. The van der Waals surface area contributed by atoms with Crippen LogP contribution in [0.1, 0.15) is 94.2 Å². The Hall–Kier alpha value is -5.78. The van der Waals surface area contributed by atoms with Crippen molar-refractivity contribution in [2.24, 2.45) is 17.8 Å². The molecule has 1 aliphatic carbocycles. The van der Waals surface area contributed by atoms with E-state index in [9.17, 15) is 38.4 Å². The Labute approximate surface area is 350 Å². The molecule has 60 heavy (non-hydrogen) atoms. The van der Waals surface area contributed by atoms with E-state index in [1.165, 1.54) is 23.5 Å². The third kappa shape index (κ3) is 13.6. The quantitative estimate of drug-likeness (QED) is 0.0895. The highest BCUT2D eigenvalue weighted by atomic mass is 16.2. The summed E-state index contributed by atoms with van der Waals surface area (Å²) in [7, 11) is 3.10. The van der Waals surface area contributed by atoms with Gasteiger partial charge < -0.3 is 42.1 Å². The maximum atomic E-state index is 13.9. The van der Waals surface area contributed by atoms with E-state index >= 15 is 0 Å². The van der Waals surface area contributed by atoms with Crippen LogP contribution < -0.4 is 37.2 Å². The lowest BCUT2D eigenvalue weighted by atomic mass is 9.83. The number of nitrogens with zero attached hydrogens (tertiary/aromatic N) is 3. The van der Waals surface area contributed by atoms with Crippen LogP contribution in [0.2, 0.25) is 0 Å². The Morgan fingerprint density at radius 3 is 2.20 bits per heavy atom. The zero-order valence-corrected chi connectivity index (χ0v) is 35.1. The summed E-state index contributed by atoms with van der Waals surface area (Å²) in [6, 6.07) is 3.76. The molecule has 1 aromatic heterocycles. The lowest BCUT2D eigenvalue weighted by molar-refractivity contribution is -0.141. The molecular formula is C42H60N10O8. The first-order chi connectivity index (χ1) is 28.7. The summed E-state index contributed by atoms with van der Waals surface area (Å²) < 4.78 is 0. The summed E-state index contributed by atoms with van der Waals surface area (Å²) in [6.45, 7) is 5.42. The number of aromatic nitrogens is 2. The van der Waals surface area contributed by atoms with Gasteiger partial charge in [0, 0.05) is 39.6 Å². The van der Waals surface area contributed by atoms with E-state index in [4.69, 9.17) is 0 Å². The second-order valence-corrected chi connectivity index (χ2v) is 16.1. The highest BCUT2D eigenvalue weighted by Gasteiger charge is 2.39. The highest BCUT2D eigenvalue weighted by Crippen LogP contribution is 2.27. The topological polar surface area (TPSA) is 250 Å². The summed E-state index contributed by atoms with van der Waals surface area (Å²) in [4.78, 5) is 116. The summed E-state index contributed by atoms with van der Waals surface area (Å²) in [5.41, 5.74) is 0.608. The molecule has 0 bridgehead atoms. The zero-order chi connectivity index (χ0) is 43.8. The molecule has 1 saturated carbocycles. The van der Waals surface area contributed by atoms with Crippen molar-refractivity contribution in [3.8, 4) is 0 Å². The molecular weight excluding hydrogens is 773 g/mol. The smallest absolute Gasteiger partial charge is 0.290 e. The van der Waals surface area contributed by atoms with Crippen LogP contribution in [0.15, 0.2) is 48.9 Å². The van der Waals surface area contributed by atoms with Crippen molar-refractivity contribution in [2.75, 3.05) is 33.7 Å². The molecule has 18 heteroatoms. The largest absolute Gasteiger partial charge is 0.349 e. The van der Waals surface area contributed by atoms with Crippen LogP contribution in [0.3, 0.4) is 0 Å². The van der Waals surface area contributed by atoms with Gasteiger partial charge in [-0.2, -0.15) is 0 Å². The molecule has 7 N–H and O–H groups in total. The number of Topliss-reactive ketones (excluding diaryl/α,β-unsaturated/α-hetero) is 1. The molecule has 18 nitrogen and oxygen atoms in total. The fraction of sp³-hybridized carbons (Fsp3) is 0.571. The Bertz CT molecular complexity index is 1810. The van der Waals surface area contributed by atoms with Crippen LogP contribution in [0.5, 0.6) is 0 Å². The molecule has 2 aromatic rings. The number of carbonyl (C=O) groups excluding carboxylic acids is 8. The summed E-state index contributed by atoms with van der Waals surface area (Å²) >= 11 is 0. The van der Waals surface area contributed by atoms with Crippen LogP contribution in [0.25, 0.3) is 0 Å². The normalized spacial score (nSPS) is 18.5. The Morgan fingerprint density at radius 2 is 1.57 bits per heavy atom. The Morgan fingerprint density at radius 1 is 0.850 bits per heavy atom. The van der Waals surface area contributed by atoms with Crippen LogP contribution in [-0.2, 0) is 33.6 Å². The Kier molecular flexibility index (Phi) is 18.1. The molecule has 1 saturated heterocycles. The lowest BCUT2D eigenvalue weighted by Gasteiger charge is -2.32. The number of rotatable bonds is 20. The van der Waals surface area contributed by atoms with Gasteiger partial charge in [-0.3, -0.25) is 43.3 Å². The van der Waals surface area contributed by atoms with Crippen molar-refractivity contribution in [1.82, 2.24) is 52.1 Å². The fourth-order valence-corrected chi connectivity index (χ4v) is 7.50. The van der Waals surface area contributed by atoms with Gasteiger partial charge in [-0.1, -0.05) is 76.8 Å². The van der Waals surface area contributed by atoms with E-state index in [1.54, 1.807) is 51.4 Å². The fourth-order valence-electron chi connectivity index (χ4n) is 7.50. The lowest BCUT2D eigenvalue weighted by Crippen LogP contribution is -2.58. The van der Waals surface area contributed by atoms with Crippen LogP contribution in [0.4, 0.5) is 0 Å². The second-order valence-electron chi connectivity index (χ2n) is 16.1. The maximum Gasteiger partial charge on any atom is 0.290 e. The predicted octanol–water partition coefficient (Wildman–Crippen LogP) is 0.306. The molecule has 6 atom stereocenters. The molecule has 2 fully saturated rings. The van der Waals surface area contributed by atoms with Crippen molar-refractivity contribution in [1.29, 1.82) is 0 Å². The monoisotopic (exact) mass is 832 g/mol. The van der Waals surface area contributed by atoms with Crippen LogP contribution >= 0.6 is 0 Å². The van der Waals surface area contributed by atoms with Crippen molar-refractivity contribution >= 4 is 47.1 Å². The molecule has 0 spiro atoms. The number of hydrogen-bond donors (Lipinski definition) is 7. The van der Waals surface area contributed by atoms with Crippen LogP contribution in [-0.4, -0.2) is 120 Å². The number of amides is 7. The molecule has 4 rings (SSSR count). The van der Waals surface area contributed by atoms with E-state index in [0.717, 1.165) is 32.1 Å². The van der Waals surface area contributed by atoms with Gasteiger partial charge >= 0.3 is 0 Å². The first kappa shape index (κ1) is 46.9. The van der Waals surface area contributed by atoms with Gasteiger partial charge in [0.25, 0.3) is 11.8 Å². The molecule has 0 radical (unpaired) electrons. The first-order valence-corrected chi connectivity index (χ1v) is 20.8. The maximum absolute atomic E-state index is 13.9. The third-order valence-corrected chi connectivity index (χ3v) is 10.7. The average Bonchev–Trinajstić information content (AvgIpc) is 3.71. The summed E-state index contributed by atoms with van der Waals surface area (Å²) in [6.07, 6.45) is 9.32. The Balaban J connectivity index is 1.37. The van der Waals surface area contributed by atoms with Crippen molar-refractivity contribution in [3.63, 3.8) is 0 Å². The van der Waals surface area contributed by atoms with Crippen molar-refractivity contribution < 1.29 is 38.4 Å². The third-order valence-electron chi connectivity index (χ3n) is 10.7. The molecule has 0 unspecified atom stereocenters. The minimum Gasteiger partial charge on any atom is -0.349 e. The molecule has 2 heterocycles. The summed E-state index contributed by atoms with van der Waals surface area (Å²) in [5.74, 6) is -6.20. The molecule has 7 amide bonds. The average molecular weight is 833 g/mol. The van der Waals surface area contributed by atoms with E-state index in [0.29, 0.717) is 12.0 Å². The van der Waals surface area contributed by atoms with Gasteiger partial charge in [0.1, 0.15) is 23.8 Å². The minimum atomic E-state index is -1.21. The predicted molar refractivity (Wildman–Crippen MR) is 220 cm³/mol. The standard InChI is InChI=1S/C42H60N10O8/c1-6-13-29(36(54)41(59)46-24-33(53)50-35(42(60)52(4)5)27-16-11-8-12-17-27)47-37(55)28-21-44-22-31(28)49-38(56)30(20-25(2)3)48-40(58)34(26-14-9-7-10-15-26)51-39(57)32-23-43-18-19-45-32/h8,11-12,16-19,23,25-26,28-31,34-35,44H,6-7,9-10,13-15,20-22,24H2,1-5H3,(H,46,59)(H,47,55)(H,48,58)(H,49,56)(H,50,53)(H,51,57)/t28-,29+,30+,31+,34+,35+/m1/s1. The minimum absolute atomic E-state index is 0.00646. The van der Waals surface area contributed by atoms with Gasteiger partial charge in [-0.15, -0.1) is 0 Å². The van der Waals surface area contributed by atoms with Gasteiger partial charge in [0.05, 0.1) is 30.7 Å². The van der Waals surface area contributed by atoms with E-state index < -0.39 is 83.9 Å². The molecule has 1 aliphatic heterocycles. The van der Waals surface area contributed by atoms with E-state index in [-0.39, 0.29) is 49.4 Å². The number of carbonyl (C=O) groups is 8. The molecule has 2 aliphatic rings. The first-order valence-electron chi connectivity index (χ1n) is 20.8. The number of nitrogens with one attached hydrogen (secondary N) is 7. The summed E-state index contributed by atoms with van der Waals surface area (Å²) in [5, 5.41) is 19.3. The zero-order valence-electron chi connectivity index (χ0n) is 35.1. The van der Waals surface area contributed by atoms with Crippen LogP contribution in [0, 0.1) is 17.8 Å². The number of likely N-dealkylation sites (N-methyl/N-ethyl adjacent to an activating group) is 1. The van der Waals surface area contributed by atoms with Gasteiger partial charge in [-0.05, 0) is 43.1 Å². The van der Waals surface area contributed by atoms with E-state index in [2.05, 4.69) is 47.2 Å². The SMILES string of the molecule is CCC[C@H](NC(=O)[C@@H]1CNC[C@@H]1NC(=O)[C@H](CC(C)C)NC(=O)[C@@H](NC(=O)c1cnccn1)C1CCCCC1)C(=O)C(=O)NCC(=O)N[C@H](C(=O)N(C)C)c1ccccc1. The van der Waals surface area contributed by atoms with Crippen molar-refractivity contribution in [3.05, 3.63) is 60.2 Å². The highest BCUT2D eigenvalue weighted by molar-refractivity contribution is 6.38. The van der Waals surface area contributed by atoms with E-state index in [1.807, 2.05) is 13.8 Å². The van der Waals surface area contributed by atoms with Gasteiger partial charge in [0.15, 0.2) is 0 Å². The number of hydrogen-bond acceptors (Lipinski definition) is 11. The molecule has 1 aromatic carbocycles. The number of ketones is 1. The van der Waals surface area contributed by atoms with Gasteiger partial charge in [-0.25, -0.2) is 4.98 Å².